The van der Waals surface area contributed by atoms with Crippen LogP contribution in [0.3, 0.4) is 0 Å². The molecule has 0 aliphatic rings. The smallest absolute Gasteiger partial charge is 0.294 e. The Balaban J connectivity index is 2.22. The predicted octanol–water partition coefficient (Wildman–Crippen LogP) is 4.76. The summed E-state index contributed by atoms with van der Waals surface area (Å²) in [5.41, 5.74) is 0.496. The molecule has 0 amide bonds. The topological polar surface area (TPSA) is 63.6 Å². The Bertz CT molecular complexity index is 538. The Labute approximate surface area is 134 Å². The van der Waals surface area contributed by atoms with E-state index in [9.17, 15) is 8.42 Å². The zero-order valence-corrected chi connectivity index (χ0v) is 14.5. The summed E-state index contributed by atoms with van der Waals surface area (Å²) in [6.07, 6.45) is 9.99. The summed E-state index contributed by atoms with van der Waals surface area (Å²) in [6.45, 7) is 4.51. The minimum absolute atomic E-state index is 0.0630. The van der Waals surface area contributed by atoms with E-state index in [-0.39, 0.29) is 4.90 Å². The van der Waals surface area contributed by atoms with E-state index >= 15 is 0 Å². The van der Waals surface area contributed by atoms with Gasteiger partial charge in [-0.1, -0.05) is 51.9 Å². The van der Waals surface area contributed by atoms with Gasteiger partial charge in [0.2, 0.25) is 0 Å². The minimum Gasteiger partial charge on any atom is -0.494 e. The maximum absolute atomic E-state index is 11.1. The van der Waals surface area contributed by atoms with E-state index < -0.39 is 10.1 Å². The molecule has 5 heteroatoms. The van der Waals surface area contributed by atoms with E-state index in [2.05, 4.69) is 6.92 Å². The molecule has 0 saturated heterocycles. The van der Waals surface area contributed by atoms with E-state index in [1.807, 2.05) is 0 Å². The van der Waals surface area contributed by atoms with Crippen LogP contribution in [0.25, 0.3) is 0 Å². The van der Waals surface area contributed by atoms with Gasteiger partial charge in [0.05, 0.1) is 11.5 Å². The van der Waals surface area contributed by atoms with Gasteiger partial charge in [-0.05, 0) is 37.1 Å². The highest BCUT2D eigenvalue weighted by atomic mass is 32.2. The second kappa shape index (κ2) is 9.85. The lowest BCUT2D eigenvalue weighted by molar-refractivity contribution is 0.304. The van der Waals surface area contributed by atoms with Crippen molar-refractivity contribution in [3.05, 3.63) is 23.8 Å². The van der Waals surface area contributed by atoms with Gasteiger partial charge in [0.25, 0.3) is 10.1 Å². The van der Waals surface area contributed by atoms with Gasteiger partial charge in [0.15, 0.2) is 0 Å². The summed E-state index contributed by atoms with van der Waals surface area (Å²) in [6, 6.07) is 4.61. The Kier molecular flexibility index (Phi) is 8.49. The molecule has 0 aromatic heterocycles. The van der Waals surface area contributed by atoms with Crippen LogP contribution in [0.5, 0.6) is 5.75 Å². The highest BCUT2D eigenvalue weighted by Crippen LogP contribution is 2.21. The first-order valence-electron chi connectivity index (χ1n) is 8.16. The SMILES string of the molecule is CCCCCCCCCCOc1ccc(S(=O)(=O)O)c(C)c1. The fraction of sp³-hybridized carbons (Fsp3) is 0.647. The second-order valence-corrected chi connectivity index (χ2v) is 7.12. The zero-order valence-electron chi connectivity index (χ0n) is 13.7. The van der Waals surface area contributed by atoms with Crippen molar-refractivity contribution in [1.29, 1.82) is 0 Å². The first-order valence-corrected chi connectivity index (χ1v) is 9.60. The second-order valence-electron chi connectivity index (χ2n) is 5.73. The van der Waals surface area contributed by atoms with E-state index in [4.69, 9.17) is 9.29 Å². The molecule has 0 fully saturated rings. The summed E-state index contributed by atoms with van der Waals surface area (Å²) in [5, 5.41) is 0. The lowest BCUT2D eigenvalue weighted by atomic mass is 10.1. The van der Waals surface area contributed by atoms with Gasteiger partial charge >= 0.3 is 0 Å². The fourth-order valence-electron chi connectivity index (χ4n) is 2.43. The lowest BCUT2D eigenvalue weighted by Gasteiger charge is -2.09. The Morgan fingerprint density at radius 3 is 2.14 bits per heavy atom. The van der Waals surface area contributed by atoms with Crippen molar-refractivity contribution in [3.63, 3.8) is 0 Å². The number of hydrogen-bond donors (Lipinski definition) is 1. The quantitative estimate of drug-likeness (QED) is 0.470. The molecule has 0 unspecified atom stereocenters. The van der Waals surface area contributed by atoms with Crippen molar-refractivity contribution in [2.24, 2.45) is 0 Å². The van der Waals surface area contributed by atoms with Gasteiger partial charge in [0.1, 0.15) is 5.75 Å². The predicted molar refractivity (Wildman–Crippen MR) is 89.1 cm³/mol. The molecule has 0 atom stereocenters. The van der Waals surface area contributed by atoms with Crippen LogP contribution in [0.4, 0.5) is 0 Å². The summed E-state index contributed by atoms with van der Waals surface area (Å²) < 4.78 is 36.9. The molecule has 0 aliphatic heterocycles. The number of hydrogen-bond acceptors (Lipinski definition) is 3. The normalized spacial score (nSPS) is 11.6. The molecule has 0 radical (unpaired) electrons. The van der Waals surface area contributed by atoms with E-state index in [0.29, 0.717) is 17.9 Å². The van der Waals surface area contributed by atoms with Crippen molar-refractivity contribution in [1.82, 2.24) is 0 Å². The molecule has 0 saturated carbocycles. The highest BCUT2D eigenvalue weighted by Gasteiger charge is 2.13. The lowest BCUT2D eigenvalue weighted by Crippen LogP contribution is -2.02. The first kappa shape index (κ1) is 19.0. The largest absolute Gasteiger partial charge is 0.494 e. The van der Waals surface area contributed by atoms with Crippen LogP contribution >= 0.6 is 0 Å². The molecule has 126 valence electrons. The van der Waals surface area contributed by atoms with Gasteiger partial charge < -0.3 is 4.74 Å². The minimum atomic E-state index is -4.15. The highest BCUT2D eigenvalue weighted by molar-refractivity contribution is 7.85. The number of aryl methyl sites for hydroxylation is 1. The van der Waals surface area contributed by atoms with Gasteiger partial charge in [-0.2, -0.15) is 8.42 Å². The maximum Gasteiger partial charge on any atom is 0.294 e. The molecule has 1 N–H and O–H groups in total. The average molecular weight is 328 g/mol. The van der Waals surface area contributed by atoms with Crippen molar-refractivity contribution in [2.45, 2.75) is 70.1 Å². The van der Waals surface area contributed by atoms with Crippen molar-refractivity contribution in [3.8, 4) is 5.75 Å². The molecule has 4 nitrogen and oxygen atoms in total. The van der Waals surface area contributed by atoms with Crippen LogP contribution in [0.15, 0.2) is 23.1 Å². The molecule has 1 aromatic carbocycles. The molecule has 0 bridgehead atoms. The Morgan fingerprint density at radius 1 is 1.00 bits per heavy atom. The van der Waals surface area contributed by atoms with Crippen LogP contribution in [0.1, 0.15) is 63.9 Å². The van der Waals surface area contributed by atoms with Gasteiger partial charge in [-0.3, -0.25) is 4.55 Å². The van der Waals surface area contributed by atoms with Crippen molar-refractivity contribution >= 4 is 10.1 Å². The Morgan fingerprint density at radius 2 is 1.59 bits per heavy atom. The molecular weight excluding hydrogens is 300 g/mol. The zero-order chi connectivity index (χ0) is 16.4. The Hall–Kier alpha value is -1.07. The van der Waals surface area contributed by atoms with Crippen LogP contribution < -0.4 is 4.74 Å². The summed E-state index contributed by atoms with van der Waals surface area (Å²) in [5.74, 6) is 0.646. The van der Waals surface area contributed by atoms with Crippen molar-refractivity contribution < 1.29 is 17.7 Å². The molecule has 22 heavy (non-hydrogen) atoms. The molecule has 0 heterocycles. The molecule has 1 aromatic rings. The average Bonchev–Trinajstić information content (AvgIpc) is 2.44. The third-order valence-electron chi connectivity index (χ3n) is 3.69. The van der Waals surface area contributed by atoms with Crippen LogP contribution in [0.2, 0.25) is 0 Å². The van der Waals surface area contributed by atoms with E-state index in [1.54, 1.807) is 19.1 Å². The third kappa shape index (κ3) is 7.27. The molecule has 1 rings (SSSR count). The van der Waals surface area contributed by atoms with E-state index in [0.717, 1.165) is 12.8 Å². The van der Waals surface area contributed by atoms with Crippen molar-refractivity contribution in [2.75, 3.05) is 6.61 Å². The van der Waals surface area contributed by atoms with Crippen LogP contribution in [-0.4, -0.2) is 19.6 Å². The van der Waals surface area contributed by atoms with Gasteiger partial charge in [-0.25, -0.2) is 0 Å². The third-order valence-corrected chi connectivity index (χ3v) is 4.70. The number of rotatable bonds is 11. The number of ether oxygens (including phenoxy) is 1. The molecule has 0 spiro atoms. The summed E-state index contributed by atoms with van der Waals surface area (Å²) in [4.78, 5) is -0.0630. The van der Waals surface area contributed by atoms with Crippen LogP contribution in [-0.2, 0) is 10.1 Å². The standard InChI is InChI=1S/C17H28O4S/c1-3-4-5-6-7-8-9-10-13-21-16-11-12-17(15(2)14-16)22(18,19)20/h11-12,14H,3-10,13H2,1-2H3,(H,18,19,20). The van der Waals surface area contributed by atoms with Gasteiger partial charge in [-0.15, -0.1) is 0 Å². The number of unbranched alkanes of at least 4 members (excludes halogenated alkanes) is 7. The molecular formula is C17H28O4S. The summed E-state index contributed by atoms with van der Waals surface area (Å²) >= 11 is 0. The number of benzene rings is 1. The van der Waals surface area contributed by atoms with Gasteiger partial charge in [0, 0.05) is 0 Å². The fourth-order valence-corrected chi connectivity index (χ4v) is 3.13. The monoisotopic (exact) mass is 328 g/mol. The van der Waals surface area contributed by atoms with Crippen LogP contribution in [0, 0.1) is 6.92 Å². The maximum atomic E-state index is 11.1. The molecule has 0 aliphatic carbocycles. The first-order chi connectivity index (χ1) is 10.4. The summed E-state index contributed by atoms with van der Waals surface area (Å²) in [7, 11) is -4.15. The van der Waals surface area contributed by atoms with E-state index in [1.165, 1.54) is 44.6 Å².